The van der Waals surface area contributed by atoms with Crippen molar-refractivity contribution in [3.05, 3.63) is 0 Å². The molecule has 0 bridgehead atoms. The molecule has 3 atom stereocenters. The molecule has 1 aliphatic heterocycles. The van der Waals surface area contributed by atoms with Gasteiger partial charge >= 0.3 is 0 Å². The van der Waals surface area contributed by atoms with E-state index < -0.39 is 11.6 Å². The average Bonchev–Trinajstić information content (AvgIpc) is 2.40. The quantitative estimate of drug-likeness (QED) is 0.618. The number of hydrogen-bond acceptors (Lipinski definition) is 4. The standard InChI is InChI=1S/C9H16O4/c1-8(11-3)5-7(6-10)9(2,12-4)13-8/h6-7H,5H2,1-4H3. The molecule has 0 aromatic heterocycles. The summed E-state index contributed by atoms with van der Waals surface area (Å²) in [5.74, 6) is -1.84. The molecule has 0 spiro atoms. The van der Waals surface area contributed by atoms with Crippen molar-refractivity contribution in [3.63, 3.8) is 0 Å². The summed E-state index contributed by atoms with van der Waals surface area (Å²) >= 11 is 0. The molecule has 4 nitrogen and oxygen atoms in total. The Hall–Kier alpha value is -0.450. The highest BCUT2D eigenvalue weighted by Gasteiger charge is 2.52. The molecule has 0 N–H and O–H groups in total. The summed E-state index contributed by atoms with van der Waals surface area (Å²) < 4.78 is 15.9. The van der Waals surface area contributed by atoms with Crippen LogP contribution in [0, 0.1) is 5.92 Å². The SMILES string of the molecule is COC1(C)CC(C=O)C(C)(OC)O1. The van der Waals surface area contributed by atoms with E-state index in [9.17, 15) is 4.79 Å². The van der Waals surface area contributed by atoms with Gasteiger partial charge in [-0.15, -0.1) is 0 Å². The first-order valence-corrected chi connectivity index (χ1v) is 4.25. The largest absolute Gasteiger partial charge is 0.353 e. The lowest BCUT2D eigenvalue weighted by molar-refractivity contribution is -0.296. The van der Waals surface area contributed by atoms with Crippen LogP contribution in [0.3, 0.4) is 0 Å². The van der Waals surface area contributed by atoms with Crippen LogP contribution in [0.15, 0.2) is 0 Å². The highest BCUT2D eigenvalue weighted by Crippen LogP contribution is 2.41. The molecule has 1 rings (SSSR count). The molecule has 76 valence electrons. The molecule has 1 fully saturated rings. The topological polar surface area (TPSA) is 44.8 Å². The molecule has 1 saturated heterocycles. The number of hydrogen-bond donors (Lipinski definition) is 0. The Labute approximate surface area is 78.2 Å². The number of ether oxygens (including phenoxy) is 3. The summed E-state index contributed by atoms with van der Waals surface area (Å²) in [5.41, 5.74) is 0. The first kappa shape index (κ1) is 10.6. The van der Waals surface area contributed by atoms with Gasteiger partial charge in [0.1, 0.15) is 6.29 Å². The highest BCUT2D eigenvalue weighted by atomic mass is 16.8. The maximum Gasteiger partial charge on any atom is 0.178 e. The van der Waals surface area contributed by atoms with Crippen molar-refractivity contribution in [2.24, 2.45) is 5.92 Å². The maximum atomic E-state index is 10.8. The van der Waals surface area contributed by atoms with Crippen LogP contribution in [0.5, 0.6) is 0 Å². The average molecular weight is 188 g/mol. The van der Waals surface area contributed by atoms with Crippen molar-refractivity contribution in [2.75, 3.05) is 14.2 Å². The zero-order valence-corrected chi connectivity index (χ0v) is 8.49. The van der Waals surface area contributed by atoms with E-state index in [0.29, 0.717) is 6.42 Å². The minimum Gasteiger partial charge on any atom is -0.353 e. The van der Waals surface area contributed by atoms with E-state index in [1.807, 2.05) is 0 Å². The van der Waals surface area contributed by atoms with E-state index in [4.69, 9.17) is 14.2 Å². The zero-order chi connectivity index (χ0) is 10.1. The summed E-state index contributed by atoms with van der Waals surface area (Å²) in [4.78, 5) is 10.8. The number of rotatable bonds is 3. The number of carbonyl (C=O) groups excluding carboxylic acids is 1. The number of aldehydes is 1. The van der Waals surface area contributed by atoms with E-state index in [1.165, 1.54) is 7.11 Å². The van der Waals surface area contributed by atoms with Crippen LogP contribution in [0.1, 0.15) is 20.3 Å². The van der Waals surface area contributed by atoms with Crippen molar-refractivity contribution in [3.8, 4) is 0 Å². The molecule has 3 unspecified atom stereocenters. The molecule has 4 heteroatoms. The molecule has 0 amide bonds. The van der Waals surface area contributed by atoms with Gasteiger partial charge in [-0.25, -0.2) is 0 Å². The van der Waals surface area contributed by atoms with Gasteiger partial charge in [-0.3, -0.25) is 0 Å². The normalized spacial score (nSPS) is 45.1. The minimum atomic E-state index is -0.855. The predicted molar refractivity (Wildman–Crippen MR) is 46.1 cm³/mol. The van der Waals surface area contributed by atoms with E-state index in [-0.39, 0.29) is 5.92 Å². The predicted octanol–water partition coefficient (Wildman–Crippen LogP) is 0.947. The molecule has 0 aromatic rings. The van der Waals surface area contributed by atoms with E-state index in [0.717, 1.165) is 6.29 Å². The van der Waals surface area contributed by atoms with Crippen LogP contribution in [-0.4, -0.2) is 32.1 Å². The van der Waals surface area contributed by atoms with Gasteiger partial charge in [0.25, 0.3) is 0 Å². The number of methoxy groups -OCH3 is 2. The Balaban J connectivity index is 2.83. The van der Waals surface area contributed by atoms with Crippen LogP contribution in [0.4, 0.5) is 0 Å². The lowest BCUT2D eigenvalue weighted by atomic mass is 9.98. The van der Waals surface area contributed by atoms with Crippen LogP contribution >= 0.6 is 0 Å². The summed E-state index contributed by atoms with van der Waals surface area (Å²) in [6, 6.07) is 0. The Kier molecular flexibility index (Phi) is 2.75. The third-order valence-corrected chi connectivity index (χ3v) is 2.68. The second-order valence-corrected chi connectivity index (χ2v) is 3.61. The fourth-order valence-corrected chi connectivity index (χ4v) is 1.62. The van der Waals surface area contributed by atoms with Crippen molar-refractivity contribution in [1.29, 1.82) is 0 Å². The van der Waals surface area contributed by atoms with E-state index in [2.05, 4.69) is 0 Å². The van der Waals surface area contributed by atoms with Gasteiger partial charge in [-0.05, 0) is 13.8 Å². The van der Waals surface area contributed by atoms with Gasteiger partial charge in [0.15, 0.2) is 11.6 Å². The monoisotopic (exact) mass is 188 g/mol. The first-order chi connectivity index (χ1) is 5.99. The Morgan fingerprint density at radius 1 is 1.38 bits per heavy atom. The summed E-state index contributed by atoms with van der Waals surface area (Å²) in [6.07, 6.45) is 1.38. The summed E-state index contributed by atoms with van der Waals surface area (Å²) in [7, 11) is 3.08. The molecule has 0 radical (unpaired) electrons. The number of carbonyl (C=O) groups is 1. The van der Waals surface area contributed by atoms with Crippen molar-refractivity contribution in [2.45, 2.75) is 31.8 Å². The molecule has 13 heavy (non-hydrogen) atoms. The highest BCUT2D eigenvalue weighted by molar-refractivity contribution is 5.56. The Morgan fingerprint density at radius 2 is 2.00 bits per heavy atom. The van der Waals surface area contributed by atoms with Gasteiger partial charge in [-0.2, -0.15) is 0 Å². The van der Waals surface area contributed by atoms with Gasteiger partial charge in [-0.1, -0.05) is 0 Å². The molecule has 0 aromatic carbocycles. The maximum absolute atomic E-state index is 10.8. The van der Waals surface area contributed by atoms with Crippen LogP contribution in [-0.2, 0) is 19.0 Å². The molecule has 0 saturated carbocycles. The second kappa shape index (κ2) is 3.36. The third kappa shape index (κ3) is 1.75. The molecule has 0 aliphatic carbocycles. The van der Waals surface area contributed by atoms with Gasteiger partial charge in [0.05, 0.1) is 5.92 Å². The van der Waals surface area contributed by atoms with Gasteiger partial charge in [0, 0.05) is 20.6 Å². The first-order valence-electron chi connectivity index (χ1n) is 4.25. The molecular formula is C9H16O4. The zero-order valence-electron chi connectivity index (χ0n) is 8.49. The Morgan fingerprint density at radius 3 is 2.31 bits per heavy atom. The smallest absolute Gasteiger partial charge is 0.178 e. The molecular weight excluding hydrogens is 172 g/mol. The van der Waals surface area contributed by atoms with Crippen LogP contribution in [0.2, 0.25) is 0 Å². The minimum absolute atomic E-state index is 0.276. The van der Waals surface area contributed by atoms with Crippen LogP contribution < -0.4 is 0 Å². The lowest BCUT2D eigenvalue weighted by Crippen LogP contribution is -2.37. The lowest BCUT2D eigenvalue weighted by Gasteiger charge is -2.28. The van der Waals surface area contributed by atoms with Crippen molar-refractivity contribution < 1.29 is 19.0 Å². The van der Waals surface area contributed by atoms with Crippen molar-refractivity contribution in [1.82, 2.24) is 0 Å². The van der Waals surface area contributed by atoms with Gasteiger partial charge in [0.2, 0.25) is 0 Å². The third-order valence-electron chi connectivity index (χ3n) is 2.68. The summed E-state index contributed by atoms with van der Waals surface area (Å²) in [6.45, 7) is 3.55. The van der Waals surface area contributed by atoms with E-state index >= 15 is 0 Å². The fraction of sp³-hybridized carbons (Fsp3) is 0.889. The van der Waals surface area contributed by atoms with Crippen LogP contribution in [0.25, 0.3) is 0 Å². The van der Waals surface area contributed by atoms with Gasteiger partial charge < -0.3 is 19.0 Å². The van der Waals surface area contributed by atoms with E-state index in [1.54, 1.807) is 21.0 Å². The second-order valence-electron chi connectivity index (χ2n) is 3.61. The molecule has 1 heterocycles. The fourth-order valence-electron chi connectivity index (χ4n) is 1.62. The summed E-state index contributed by atoms with van der Waals surface area (Å²) in [5, 5.41) is 0. The Bertz CT molecular complexity index is 206. The van der Waals surface area contributed by atoms with Crippen molar-refractivity contribution >= 4 is 6.29 Å². The molecule has 1 aliphatic rings.